The van der Waals surface area contributed by atoms with Crippen molar-refractivity contribution in [3.8, 4) is 0 Å². The van der Waals surface area contributed by atoms with Gasteiger partial charge in [-0.2, -0.15) is 0 Å². The van der Waals surface area contributed by atoms with E-state index < -0.39 is 0 Å². The molecule has 0 amide bonds. The quantitative estimate of drug-likeness (QED) is 0.661. The van der Waals surface area contributed by atoms with Gasteiger partial charge in [0.05, 0.1) is 11.9 Å². The molecule has 19 heavy (non-hydrogen) atoms. The molecule has 0 saturated heterocycles. The largest absolute Gasteiger partial charge is 0.542 e. The molecule has 0 N–H and O–H groups in total. The Hall–Kier alpha value is -0.435. The lowest BCUT2D eigenvalue weighted by atomic mass is 9.57. The topological polar surface area (TPSA) is 18.5 Å². The van der Waals surface area contributed by atoms with Crippen molar-refractivity contribution < 1.29 is 9.31 Å². The van der Waals surface area contributed by atoms with Crippen LogP contribution in [0, 0.1) is 16.7 Å². The zero-order valence-corrected chi connectivity index (χ0v) is 14.3. The minimum absolute atomic E-state index is 0.124. The Morgan fingerprint density at radius 1 is 1.16 bits per heavy atom. The van der Waals surface area contributed by atoms with E-state index in [1.54, 1.807) is 0 Å². The van der Waals surface area contributed by atoms with Crippen LogP contribution in [-0.4, -0.2) is 12.7 Å². The third-order valence-corrected chi connectivity index (χ3v) is 4.17. The number of hydrogen-bond acceptors (Lipinski definition) is 2. The minimum Gasteiger partial charge on any atom is -0.542 e. The van der Waals surface area contributed by atoms with Gasteiger partial charge in [-0.05, 0) is 42.5 Å². The van der Waals surface area contributed by atoms with Crippen molar-refractivity contribution in [3.05, 3.63) is 11.8 Å². The van der Waals surface area contributed by atoms with Gasteiger partial charge in [0, 0.05) is 0 Å². The van der Waals surface area contributed by atoms with Crippen molar-refractivity contribution in [1.82, 2.24) is 0 Å². The van der Waals surface area contributed by atoms with E-state index in [-0.39, 0.29) is 23.5 Å². The SMILES string of the molecule is CCB1OC=C(C)[C@](C)(C(C(C)(C)C)C(C)(C)C)O1. The Labute approximate surface area is 120 Å². The predicted molar refractivity (Wildman–Crippen MR) is 83.0 cm³/mol. The highest BCUT2D eigenvalue weighted by Gasteiger charge is 2.52. The fourth-order valence-electron chi connectivity index (χ4n) is 4.12. The maximum absolute atomic E-state index is 6.36. The summed E-state index contributed by atoms with van der Waals surface area (Å²) in [5.74, 6) is 0.404. The van der Waals surface area contributed by atoms with Crippen LogP contribution >= 0.6 is 0 Å². The lowest BCUT2D eigenvalue weighted by Crippen LogP contribution is -2.55. The first-order valence-electron chi connectivity index (χ1n) is 7.43. The van der Waals surface area contributed by atoms with Crippen molar-refractivity contribution in [2.75, 3.05) is 0 Å². The third-order valence-electron chi connectivity index (χ3n) is 4.17. The van der Waals surface area contributed by atoms with Gasteiger partial charge in [0.25, 0.3) is 0 Å². The van der Waals surface area contributed by atoms with Crippen LogP contribution in [0.25, 0.3) is 0 Å². The van der Waals surface area contributed by atoms with Gasteiger partial charge < -0.3 is 9.31 Å². The molecule has 0 aromatic carbocycles. The summed E-state index contributed by atoms with van der Waals surface area (Å²) < 4.78 is 12.0. The van der Waals surface area contributed by atoms with Crippen LogP contribution in [0.2, 0.25) is 6.32 Å². The fraction of sp³-hybridized carbons (Fsp3) is 0.875. The van der Waals surface area contributed by atoms with Crippen molar-refractivity contribution in [3.63, 3.8) is 0 Å². The van der Waals surface area contributed by atoms with Crippen LogP contribution in [0.5, 0.6) is 0 Å². The maximum Gasteiger partial charge on any atom is 0.525 e. The second kappa shape index (κ2) is 5.16. The van der Waals surface area contributed by atoms with Gasteiger partial charge in [0.1, 0.15) is 0 Å². The van der Waals surface area contributed by atoms with Gasteiger partial charge in [-0.15, -0.1) is 0 Å². The highest BCUT2D eigenvalue weighted by atomic mass is 16.6. The van der Waals surface area contributed by atoms with Crippen molar-refractivity contribution in [2.45, 2.75) is 74.2 Å². The van der Waals surface area contributed by atoms with Crippen LogP contribution in [0.4, 0.5) is 0 Å². The average molecular weight is 266 g/mol. The molecule has 0 unspecified atom stereocenters. The second-order valence-electron chi connectivity index (χ2n) is 8.16. The van der Waals surface area contributed by atoms with Crippen LogP contribution in [0.15, 0.2) is 11.8 Å². The normalized spacial score (nSPS) is 25.4. The predicted octanol–water partition coefficient (Wildman–Crippen LogP) is 4.91. The van der Waals surface area contributed by atoms with E-state index in [1.807, 2.05) is 6.26 Å². The molecule has 1 rings (SSSR count). The molecule has 110 valence electrons. The molecule has 0 aromatic heterocycles. The first-order chi connectivity index (χ1) is 8.43. The van der Waals surface area contributed by atoms with Crippen LogP contribution < -0.4 is 0 Å². The fourth-order valence-corrected chi connectivity index (χ4v) is 4.12. The summed E-state index contributed by atoms with van der Waals surface area (Å²) in [5.41, 5.74) is 1.25. The highest BCUT2D eigenvalue weighted by molar-refractivity contribution is 6.44. The van der Waals surface area contributed by atoms with E-state index >= 15 is 0 Å². The molecule has 0 fully saturated rings. The minimum atomic E-state index is -0.268. The molecule has 0 spiro atoms. The summed E-state index contributed by atoms with van der Waals surface area (Å²) in [6.45, 7) is 20.3. The van der Waals surface area contributed by atoms with E-state index in [2.05, 4.69) is 62.3 Å². The summed E-state index contributed by atoms with van der Waals surface area (Å²) in [6, 6.07) is 0. The second-order valence-corrected chi connectivity index (χ2v) is 8.16. The lowest BCUT2D eigenvalue weighted by molar-refractivity contribution is -0.0756. The first kappa shape index (κ1) is 16.6. The van der Waals surface area contributed by atoms with E-state index in [4.69, 9.17) is 9.31 Å². The van der Waals surface area contributed by atoms with Crippen LogP contribution in [-0.2, 0) is 9.31 Å². The molecule has 0 aromatic rings. The molecule has 0 radical (unpaired) electrons. The Bertz CT molecular complexity index is 335. The van der Waals surface area contributed by atoms with Gasteiger partial charge in [-0.1, -0.05) is 48.5 Å². The van der Waals surface area contributed by atoms with Gasteiger partial charge in [0.2, 0.25) is 0 Å². The lowest BCUT2D eigenvalue weighted by Gasteiger charge is -2.53. The summed E-state index contributed by atoms with van der Waals surface area (Å²) in [4.78, 5) is 0. The highest BCUT2D eigenvalue weighted by Crippen LogP contribution is 2.51. The molecule has 1 heterocycles. The van der Waals surface area contributed by atoms with E-state index in [0.717, 1.165) is 6.32 Å². The summed E-state index contributed by atoms with van der Waals surface area (Å²) in [6.07, 6.45) is 2.78. The van der Waals surface area contributed by atoms with Gasteiger partial charge in [0.15, 0.2) is 0 Å². The van der Waals surface area contributed by atoms with Gasteiger partial charge in [-0.3, -0.25) is 0 Å². The Balaban J connectivity index is 3.27. The van der Waals surface area contributed by atoms with Crippen molar-refractivity contribution in [1.29, 1.82) is 0 Å². The molecule has 0 aliphatic carbocycles. The van der Waals surface area contributed by atoms with E-state index in [9.17, 15) is 0 Å². The van der Waals surface area contributed by atoms with Crippen LogP contribution in [0.3, 0.4) is 0 Å². The summed E-state index contributed by atoms with van der Waals surface area (Å²) in [5, 5.41) is 0. The molecular formula is C16H31BO2. The first-order valence-corrected chi connectivity index (χ1v) is 7.43. The average Bonchev–Trinajstić information content (AvgIpc) is 2.17. The standard InChI is InChI=1S/C16H31BO2/c1-10-17-18-11-12(2)16(9,19-17)13(14(3,4)5)15(6,7)8/h11,13H,10H2,1-9H3/t16-/m1/s1. The monoisotopic (exact) mass is 266 g/mol. The zero-order valence-electron chi connectivity index (χ0n) is 14.3. The Morgan fingerprint density at radius 3 is 2.00 bits per heavy atom. The van der Waals surface area contributed by atoms with E-state index in [0.29, 0.717) is 5.92 Å². The Morgan fingerprint density at radius 2 is 1.63 bits per heavy atom. The van der Waals surface area contributed by atoms with Gasteiger partial charge >= 0.3 is 7.12 Å². The maximum atomic E-state index is 6.36. The molecule has 1 aliphatic rings. The zero-order chi connectivity index (χ0) is 15.1. The van der Waals surface area contributed by atoms with E-state index in [1.165, 1.54) is 5.57 Å². The summed E-state index contributed by atoms with van der Waals surface area (Å²) in [7, 11) is -0.124. The molecule has 0 saturated carbocycles. The smallest absolute Gasteiger partial charge is 0.525 e. The molecule has 3 heteroatoms. The number of rotatable bonds is 2. The molecule has 0 bridgehead atoms. The number of hydrogen-bond donors (Lipinski definition) is 0. The molecule has 1 atom stereocenters. The summed E-state index contributed by atoms with van der Waals surface area (Å²) >= 11 is 0. The third kappa shape index (κ3) is 3.36. The van der Waals surface area contributed by atoms with Crippen LogP contribution in [0.1, 0.15) is 62.3 Å². The van der Waals surface area contributed by atoms with Gasteiger partial charge in [-0.25, -0.2) is 0 Å². The molecule has 1 aliphatic heterocycles. The van der Waals surface area contributed by atoms with Crippen molar-refractivity contribution in [2.24, 2.45) is 16.7 Å². The molecular weight excluding hydrogens is 235 g/mol. The Kier molecular flexibility index (Phi) is 4.51. The molecule has 2 nitrogen and oxygen atoms in total. The van der Waals surface area contributed by atoms with Crippen molar-refractivity contribution >= 4 is 7.12 Å².